The van der Waals surface area contributed by atoms with Crippen LogP contribution in [-0.4, -0.2) is 52.9 Å². The van der Waals surface area contributed by atoms with Crippen LogP contribution in [0.4, 0.5) is 0 Å². The first-order valence-corrected chi connectivity index (χ1v) is 13.3. The molecule has 0 heterocycles. The Morgan fingerprint density at radius 2 is 2.06 bits per heavy atom. The van der Waals surface area contributed by atoms with Crippen molar-refractivity contribution in [1.82, 2.24) is 0 Å². The third kappa shape index (κ3) is 4.33. The number of carbonyl (C=O) groups excluding carboxylic acids is 2. The molecule has 0 saturated heterocycles. The average molecular weight is 525 g/mol. The molecule has 0 aliphatic heterocycles. The zero-order chi connectivity index (χ0) is 24.0. The van der Waals surface area contributed by atoms with Crippen molar-refractivity contribution >= 4 is 27.5 Å². The van der Waals surface area contributed by atoms with Gasteiger partial charge < -0.3 is 19.7 Å². The van der Waals surface area contributed by atoms with Gasteiger partial charge in [0, 0.05) is 36.1 Å². The van der Waals surface area contributed by atoms with Gasteiger partial charge in [0.15, 0.2) is 11.6 Å². The van der Waals surface area contributed by atoms with Crippen molar-refractivity contribution in [3.8, 4) is 0 Å². The number of carbonyl (C=O) groups is 2. The molecule has 4 aliphatic rings. The van der Waals surface area contributed by atoms with Gasteiger partial charge in [-0.1, -0.05) is 41.4 Å². The van der Waals surface area contributed by atoms with Crippen LogP contribution in [0.5, 0.6) is 0 Å². The molecule has 0 spiro atoms. The maximum atomic E-state index is 13.3. The molecule has 4 rings (SSSR count). The minimum absolute atomic E-state index is 0.0225. The van der Waals surface area contributed by atoms with E-state index in [0.29, 0.717) is 30.0 Å². The topological polar surface area (TPSA) is 93.1 Å². The van der Waals surface area contributed by atoms with Crippen LogP contribution in [0.25, 0.3) is 0 Å². The number of allylic oxidation sites excluding steroid dienone is 4. The number of ether oxygens (including phenoxy) is 2. The van der Waals surface area contributed by atoms with Crippen molar-refractivity contribution in [3.05, 3.63) is 23.8 Å². The summed E-state index contributed by atoms with van der Waals surface area (Å²) in [7, 11) is 1.38. The summed E-state index contributed by atoms with van der Waals surface area (Å²) >= 11 is 3.33. The van der Waals surface area contributed by atoms with Crippen LogP contribution < -0.4 is 0 Å². The van der Waals surface area contributed by atoms with Gasteiger partial charge in [-0.05, 0) is 67.9 Å². The van der Waals surface area contributed by atoms with Gasteiger partial charge >= 0.3 is 0 Å². The van der Waals surface area contributed by atoms with Crippen LogP contribution in [0.15, 0.2) is 23.8 Å². The Balaban J connectivity index is 1.51. The molecule has 3 fully saturated rings. The average Bonchev–Trinajstić information content (AvgIpc) is 3.12. The third-order valence-electron chi connectivity index (χ3n) is 9.27. The van der Waals surface area contributed by atoms with Crippen LogP contribution in [0, 0.1) is 34.5 Å². The van der Waals surface area contributed by atoms with Crippen molar-refractivity contribution < 1.29 is 29.3 Å². The standard InChI is InChI=1S/C26H37BrO6/c1-24-11-9-17(28)13-16(24)5-6-18-19-7-8-20(25(19,2)14-21(29)23(18)24)22(30)15-33-26(31,32-3)10-4-12-27/h9,11,13,18-21,23,29,31H,4-8,10,12,14-15H2,1-3H3. The molecule has 0 bridgehead atoms. The number of ketones is 2. The van der Waals surface area contributed by atoms with Crippen molar-refractivity contribution in [2.24, 2.45) is 34.5 Å². The van der Waals surface area contributed by atoms with Gasteiger partial charge in [-0.2, -0.15) is 0 Å². The zero-order valence-electron chi connectivity index (χ0n) is 19.9. The second-order valence-electron chi connectivity index (χ2n) is 10.9. The van der Waals surface area contributed by atoms with Crippen molar-refractivity contribution in [1.29, 1.82) is 0 Å². The summed E-state index contributed by atoms with van der Waals surface area (Å²) in [6.45, 7) is 4.13. The fourth-order valence-corrected chi connectivity index (χ4v) is 7.94. The number of hydrogen-bond donors (Lipinski definition) is 2. The Bertz CT molecular complexity index is 854. The van der Waals surface area contributed by atoms with Crippen LogP contribution >= 0.6 is 15.9 Å². The van der Waals surface area contributed by atoms with E-state index in [0.717, 1.165) is 31.3 Å². The number of methoxy groups -OCH3 is 1. The van der Waals surface area contributed by atoms with Crippen molar-refractivity contribution in [3.63, 3.8) is 0 Å². The summed E-state index contributed by atoms with van der Waals surface area (Å²) in [6.07, 6.45) is 9.93. The molecule has 0 radical (unpaired) electrons. The Morgan fingerprint density at radius 1 is 1.30 bits per heavy atom. The molecule has 3 saturated carbocycles. The molecule has 0 aromatic rings. The largest absolute Gasteiger partial charge is 0.393 e. The first kappa shape index (κ1) is 25.2. The quantitative estimate of drug-likeness (QED) is 0.369. The molecule has 2 N–H and O–H groups in total. The lowest BCUT2D eigenvalue weighted by Crippen LogP contribution is -2.56. The van der Waals surface area contributed by atoms with E-state index in [-0.39, 0.29) is 47.3 Å². The Morgan fingerprint density at radius 3 is 2.76 bits per heavy atom. The number of Topliss-reactive ketones (excluding diaryl/α,β-unsaturated/α-hetero) is 1. The lowest BCUT2D eigenvalue weighted by molar-refractivity contribution is -0.350. The van der Waals surface area contributed by atoms with Crippen LogP contribution in [-0.2, 0) is 19.1 Å². The second-order valence-corrected chi connectivity index (χ2v) is 11.7. The van der Waals surface area contributed by atoms with Crippen LogP contribution in [0.2, 0.25) is 0 Å². The number of hydrogen-bond acceptors (Lipinski definition) is 6. The molecule has 8 unspecified atom stereocenters. The van der Waals surface area contributed by atoms with Crippen molar-refractivity contribution in [2.75, 3.05) is 19.0 Å². The van der Waals surface area contributed by atoms with Crippen LogP contribution in [0.3, 0.4) is 0 Å². The SMILES string of the molecule is COC(O)(CCCBr)OCC(=O)C1CCC2C3CCC4=CC(=O)C=CC4(C)C3C(O)CC12C. The van der Waals surface area contributed by atoms with E-state index in [2.05, 4.69) is 29.8 Å². The first-order chi connectivity index (χ1) is 15.6. The fourth-order valence-electron chi connectivity index (χ4n) is 7.66. The molecule has 4 aliphatic carbocycles. The zero-order valence-corrected chi connectivity index (χ0v) is 21.5. The number of rotatable bonds is 8. The number of aliphatic hydroxyl groups excluding tert-OH is 1. The maximum absolute atomic E-state index is 13.3. The lowest BCUT2D eigenvalue weighted by Gasteiger charge is -2.58. The predicted octanol–water partition coefficient (Wildman–Crippen LogP) is 3.93. The highest BCUT2D eigenvalue weighted by Crippen LogP contribution is 2.66. The van der Waals surface area contributed by atoms with E-state index in [9.17, 15) is 19.8 Å². The van der Waals surface area contributed by atoms with Gasteiger partial charge in [0.25, 0.3) is 5.97 Å². The minimum Gasteiger partial charge on any atom is -0.393 e. The van der Waals surface area contributed by atoms with E-state index < -0.39 is 12.1 Å². The van der Waals surface area contributed by atoms with E-state index in [1.165, 1.54) is 7.11 Å². The van der Waals surface area contributed by atoms with Gasteiger partial charge in [-0.15, -0.1) is 0 Å². The van der Waals surface area contributed by atoms with E-state index in [1.54, 1.807) is 12.2 Å². The van der Waals surface area contributed by atoms with Gasteiger partial charge in [0.1, 0.15) is 6.61 Å². The van der Waals surface area contributed by atoms with E-state index >= 15 is 0 Å². The summed E-state index contributed by atoms with van der Waals surface area (Å²) in [4.78, 5) is 25.3. The molecular weight excluding hydrogens is 488 g/mol. The molecule has 7 heteroatoms. The lowest BCUT2D eigenvalue weighted by atomic mass is 9.46. The highest BCUT2D eigenvalue weighted by Gasteiger charge is 2.62. The molecule has 8 atom stereocenters. The molecule has 0 aromatic heterocycles. The maximum Gasteiger partial charge on any atom is 0.280 e. The van der Waals surface area contributed by atoms with Crippen molar-refractivity contribution in [2.45, 2.75) is 70.9 Å². The van der Waals surface area contributed by atoms with Gasteiger partial charge in [0.05, 0.1) is 6.10 Å². The van der Waals surface area contributed by atoms with E-state index in [1.807, 2.05) is 6.08 Å². The summed E-state index contributed by atoms with van der Waals surface area (Å²) in [5, 5.41) is 22.6. The third-order valence-corrected chi connectivity index (χ3v) is 9.83. The highest BCUT2D eigenvalue weighted by atomic mass is 79.9. The molecule has 0 aromatic carbocycles. The number of fused-ring (bicyclic) bond motifs is 5. The Labute approximate surface area is 204 Å². The number of halogens is 1. The summed E-state index contributed by atoms with van der Waals surface area (Å²) in [6, 6.07) is 0. The number of alkyl halides is 1. The van der Waals surface area contributed by atoms with Crippen LogP contribution in [0.1, 0.15) is 58.8 Å². The van der Waals surface area contributed by atoms with E-state index in [4.69, 9.17) is 9.47 Å². The van der Waals surface area contributed by atoms with Gasteiger partial charge in [0.2, 0.25) is 0 Å². The highest BCUT2D eigenvalue weighted by molar-refractivity contribution is 9.09. The Hall–Kier alpha value is -0.860. The summed E-state index contributed by atoms with van der Waals surface area (Å²) < 4.78 is 10.7. The summed E-state index contributed by atoms with van der Waals surface area (Å²) in [5.74, 6) is -1.23. The normalized spacial score (nSPS) is 41.6. The number of aliphatic hydroxyl groups is 2. The molecule has 6 nitrogen and oxygen atoms in total. The molecular formula is C26H37BrO6. The minimum atomic E-state index is -1.76. The first-order valence-electron chi connectivity index (χ1n) is 12.2. The Kier molecular flexibility index (Phi) is 7.12. The van der Waals surface area contributed by atoms with Gasteiger partial charge in [-0.25, -0.2) is 0 Å². The monoisotopic (exact) mass is 524 g/mol. The molecule has 33 heavy (non-hydrogen) atoms. The second kappa shape index (κ2) is 9.30. The smallest absolute Gasteiger partial charge is 0.280 e. The fraction of sp³-hybridized carbons (Fsp3) is 0.769. The molecule has 184 valence electrons. The molecule has 0 amide bonds. The predicted molar refractivity (Wildman–Crippen MR) is 127 cm³/mol. The summed E-state index contributed by atoms with van der Waals surface area (Å²) in [5.41, 5.74) is 0.543. The van der Waals surface area contributed by atoms with Gasteiger partial charge in [-0.3, -0.25) is 9.59 Å².